The van der Waals surface area contributed by atoms with E-state index in [1.807, 2.05) is 30.3 Å². The highest BCUT2D eigenvalue weighted by Gasteiger charge is 2.58. The largest absolute Gasteiger partial charge is 0.463 e. The highest BCUT2D eigenvalue weighted by atomic mass is 32.1. The van der Waals surface area contributed by atoms with Crippen LogP contribution in [0, 0.1) is 0 Å². The summed E-state index contributed by atoms with van der Waals surface area (Å²) in [4.78, 5) is 53.2. The van der Waals surface area contributed by atoms with Crippen LogP contribution in [0.3, 0.4) is 0 Å². The summed E-state index contributed by atoms with van der Waals surface area (Å²) < 4.78 is 28.5. The molecule has 2 unspecified atom stereocenters. The fourth-order valence-electron chi connectivity index (χ4n) is 5.36. The summed E-state index contributed by atoms with van der Waals surface area (Å²) in [6.45, 7) is 5.69. The third-order valence-corrected chi connectivity index (χ3v) is 7.55. The number of thiol groups is 1. The zero-order valence-corrected chi connectivity index (χ0v) is 23.9. The van der Waals surface area contributed by atoms with Crippen LogP contribution in [0.1, 0.15) is 26.3 Å². The lowest BCUT2D eigenvalue weighted by Gasteiger charge is -2.40. The molecule has 1 aromatic rings. The second-order valence-corrected chi connectivity index (χ2v) is 10.8. The van der Waals surface area contributed by atoms with Crippen LogP contribution in [-0.2, 0) is 44.5 Å². The second kappa shape index (κ2) is 12.3. The second-order valence-electron chi connectivity index (χ2n) is 10.1. The maximum Gasteiger partial charge on any atom is 0.303 e. The fraction of sp³-hybridized carbons (Fsp3) is 0.556. The van der Waals surface area contributed by atoms with Crippen LogP contribution in [-0.4, -0.2) is 114 Å². The van der Waals surface area contributed by atoms with Crippen molar-refractivity contribution in [2.75, 3.05) is 32.9 Å². The molecule has 0 aromatic heterocycles. The summed E-state index contributed by atoms with van der Waals surface area (Å²) in [5, 5.41) is 0. The van der Waals surface area contributed by atoms with E-state index in [4.69, 9.17) is 41.3 Å². The molecule has 4 aliphatic rings. The van der Waals surface area contributed by atoms with E-state index in [9.17, 15) is 14.4 Å². The minimum Gasteiger partial charge on any atom is -0.463 e. The molecular weight excluding hydrogens is 554 g/mol. The maximum absolute atomic E-state index is 12.3. The van der Waals surface area contributed by atoms with Crippen molar-refractivity contribution in [2.45, 2.75) is 62.9 Å². The fourth-order valence-corrected chi connectivity index (χ4v) is 5.75. The molecule has 0 radical (unpaired) electrons. The van der Waals surface area contributed by atoms with Gasteiger partial charge in [-0.2, -0.15) is 0 Å². The van der Waals surface area contributed by atoms with Gasteiger partial charge in [0.25, 0.3) is 0 Å². The number of ether oxygens (including phenoxy) is 5. The normalized spacial score (nSPS) is 31.2. The van der Waals surface area contributed by atoms with Gasteiger partial charge in [-0.05, 0) is 5.56 Å². The number of rotatable bonds is 8. The highest BCUT2D eigenvalue weighted by molar-refractivity contribution is 7.83. The van der Waals surface area contributed by atoms with E-state index in [1.165, 1.54) is 27.1 Å². The molecule has 13 nitrogen and oxygen atoms in total. The van der Waals surface area contributed by atoms with Crippen molar-refractivity contribution in [3.05, 3.63) is 35.9 Å². The summed E-state index contributed by atoms with van der Waals surface area (Å²) in [6.07, 6.45) is -2.82. The molecule has 6 atom stereocenters. The van der Waals surface area contributed by atoms with Gasteiger partial charge >= 0.3 is 17.9 Å². The van der Waals surface area contributed by atoms with Gasteiger partial charge in [0.15, 0.2) is 35.4 Å². The number of benzene rings is 1. The molecule has 0 saturated carbocycles. The number of hydrogen-bond acceptors (Lipinski definition) is 14. The smallest absolute Gasteiger partial charge is 0.303 e. The minimum absolute atomic E-state index is 0.218. The molecule has 14 heteroatoms. The van der Waals surface area contributed by atoms with Crippen LogP contribution in [0.4, 0.5) is 0 Å². The average Bonchev–Trinajstić information content (AvgIpc) is 3.47. The Morgan fingerprint density at radius 3 is 2.37 bits per heavy atom. The third-order valence-electron chi connectivity index (χ3n) is 7.06. The Labute approximate surface area is 242 Å². The van der Waals surface area contributed by atoms with Gasteiger partial charge in [0.1, 0.15) is 24.8 Å². The number of morpholine rings is 1. The van der Waals surface area contributed by atoms with Crippen LogP contribution >= 0.6 is 12.6 Å². The Kier molecular flexibility index (Phi) is 8.73. The molecule has 41 heavy (non-hydrogen) atoms. The molecule has 2 fully saturated rings. The van der Waals surface area contributed by atoms with E-state index in [-0.39, 0.29) is 6.61 Å². The van der Waals surface area contributed by atoms with Gasteiger partial charge in [0, 0.05) is 40.3 Å². The van der Waals surface area contributed by atoms with Crippen LogP contribution in [0.2, 0.25) is 0 Å². The van der Waals surface area contributed by atoms with Gasteiger partial charge in [-0.3, -0.25) is 24.2 Å². The molecule has 1 aromatic carbocycles. The molecule has 0 spiro atoms. The summed E-state index contributed by atoms with van der Waals surface area (Å²) in [6, 6.07) is 9.81. The lowest BCUT2D eigenvalue weighted by Crippen LogP contribution is -2.59. The minimum atomic E-state index is -1.08. The Bertz CT molecular complexity index is 1250. The number of fused-ring (bicyclic) bond motifs is 1. The number of carbonyl (C=O) groups excluding carboxylic acids is 3. The molecule has 0 bridgehead atoms. The van der Waals surface area contributed by atoms with E-state index >= 15 is 0 Å². The third kappa shape index (κ3) is 6.30. The SMILES string of the molecule is CC(=O)OC[C@H]1O[C@@H](N2C3=NC=NC(S)(Cc4ccccc4)C3=NC2N2CCOCC2)[C@H](OC(C)=O)[C@@H]1OC(C)=O. The first-order valence-electron chi connectivity index (χ1n) is 13.4. The number of nitrogens with zero attached hydrogens (tertiary/aromatic N) is 5. The number of amidine groups is 1. The Balaban J connectivity index is 1.54. The molecular formula is C27H33N5O8S. The van der Waals surface area contributed by atoms with Gasteiger partial charge in [-0.1, -0.05) is 30.3 Å². The number of aliphatic imine (C=N–C) groups is 3. The maximum atomic E-state index is 12.3. The Morgan fingerprint density at radius 2 is 1.71 bits per heavy atom. The lowest BCUT2D eigenvalue weighted by atomic mass is 10.00. The Morgan fingerprint density at radius 1 is 1.02 bits per heavy atom. The lowest BCUT2D eigenvalue weighted by molar-refractivity contribution is -0.168. The predicted octanol–water partition coefficient (Wildman–Crippen LogP) is 0.819. The van der Waals surface area contributed by atoms with Crippen molar-refractivity contribution >= 4 is 48.4 Å². The van der Waals surface area contributed by atoms with Crippen LogP contribution in [0.25, 0.3) is 0 Å². The van der Waals surface area contributed by atoms with Crippen molar-refractivity contribution < 1.29 is 38.1 Å². The standard InChI is InChI=1S/C27H33N5O8S/c1-16(33)37-14-20-21(38-17(2)34)22(39-18(3)35)25(40-20)32-24-23(30-26(32)31-9-11-36-12-10-31)27(41,29-15-28-24)13-19-7-5-4-6-8-19/h4-8,15,20-22,25-26,41H,9-14H2,1-3H3/t20-,21-,22-,25-,26?,27?/m1/s1. The average molecular weight is 588 g/mol. The van der Waals surface area contributed by atoms with Crippen LogP contribution in [0.15, 0.2) is 45.3 Å². The number of carbonyl (C=O) groups is 3. The summed E-state index contributed by atoms with van der Waals surface area (Å²) in [5.41, 5.74) is 1.54. The first-order chi connectivity index (χ1) is 19.7. The van der Waals surface area contributed by atoms with Gasteiger partial charge in [-0.15, -0.1) is 12.6 Å². The van der Waals surface area contributed by atoms with E-state index in [0.29, 0.717) is 44.3 Å². The molecule has 0 amide bonds. The molecule has 4 aliphatic heterocycles. The zero-order chi connectivity index (χ0) is 29.1. The molecule has 0 aliphatic carbocycles. The summed E-state index contributed by atoms with van der Waals surface area (Å²) in [7, 11) is 0. The summed E-state index contributed by atoms with van der Waals surface area (Å²) >= 11 is 5.01. The quantitative estimate of drug-likeness (QED) is 0.264. The van der Waals surface area contributed by atoms with Crippen molar-refractivity contribution in [1.82, 2.24) is 9.80 Å². The number of esters is 3. The van der Waals surface area contributed by atoms with Crippen LogP contribution < -0.4 is 0 Å². The van der Waals surface area contributed by atoms with Gasteiger partial charge in [0.05, 0.1) is 13.2 Å². The monoisotopic (exact) mass is 587 g/mol. The highest BCUT2D eigenvalue weighted by Crippen LogP contribution is 2.38. The van der Waals surface area contributed by atoms with Gasteiger partial charge in [-0.25, -0.2) is 15.0 Å². The molecule has 2 saturated heterocycles. The molecule has 5 rings (SSSR count). The molecule has 4 heterocycles. The van der Waals surface area contributed by atoms with E-state index in [2.05, 4.69) is 14.9 Å². The predicted molar refractivity (Wildman–Crippen MR) is 150 cm³/mol. The van der Waals surface area contributed by atoms with Gasteiger partial charge < -0.3 is 23.7 Å². The van der Waals surface area contributed by atoms with Gasteiger partial charge in [0.2, 0.25) is 0 Å². The summed E-state index contributed by atoms with van der Waals surface area (Å²) in [5.74, 6) is -1.29. The van der Waals surface area contributed by atoms with Crippen LogP contribution in [0.5, 0.6) is 0 Å². The van der Waals surface area contributed by atoms with E-state index in [0.717, 1.165) is 5.56 Å². The van der Waals surface area contributed by atoms with Crippen molar-refractivity contribution in [1.29, 1.82) is 0 Å². The van der Waals surface area contributed by atoms with Crippen molar-refractivity contribution in [3.63, 3.8) is 0 Å². The van der Waals surface area contributed by atoms with E-state index in [1.54, 1.807) is 4.90 Å². The Hall–Kier alpha value is -3.33. The molecule has 220 valence electrons. The van der Waals surface area contributed by atoms with E-state index < -0.39 is 53.6 Å². The van der Waals surface area contributed by atoms with Crippen molar-refractivity contribution in [2.24, 2.45) is 15.0 Å². The topological polar surface area (TPSA) is 141 Å². The van der Waals surface area contributed by atoms with Crippen molar-refractivity contribution in [3.8, 4) is 0 Å². The first-order valence-corrected chi connectivity index (χ1v) is 13.8. The zero-order valence-electron chi connectivity index (χ0n) is 23.0. The number of hydrogen-bond donors (Lipinski definition) is 1. The first kappa shape index (κ1) is 29.2. The molecule has 0 N–H and O–H groups in total.